The van der Waals surface area contributed by atoms with Crippen LogP contribution < -0.4 is 71.6 Å². The Hall–Kier alpha value is -7.73. The molecule has 19 atom stereocenters. The van der Waals surface area contributed by atoms with Crippen LogP contribution in [0.5, 0.6) is 0 Å². The number of H-pyrrole nitrogens is 1. The largest absolute Gasteiger partial charge is 0.441 e. The molecule has 6 rings (SSSR count). The molecule has 99 heavy (non-hydrogen) atoms. The van der Waals surface area contributed by atoms with Crippen molar-refractivity contribution in [3.05, 3.63) is 56.8 Å². The molecule has 2 saturated heterocycles. The minimum absolute atomic E-state index is 0.0140. The van der Waals surface area contributed by atoms with Crippen LogP contribution >= 0.6 is 22.7 Å². The van der Waals surface area contributed by atoms with Crippen molar-refractivity contribution in [2.75, 3.05) is 58.2 Å². The number of aliphatic hydroxyl groups is 8. The molecule has 8 amide bonds. The van der Waals surface area contributed by atoms with Crippen molar-refractivity contribution in [2.45, 2.75) is 170 Å². The number of nitrogens with two attached hydrogens (primary N) is 6. The summed E-state index contributed by atoms with van der Waals surface area (Å²) in [6, 6.07) is -7.87. The van der Waals surface area contributed by atoms with E-state index >= 15 is 4.79 Å². The number of amides is 8. The second-order valence-electron chi connectivity index (χ2n) is 23.4. The van der Waals surface area contributed by atoms with Crippen molar-refractivity contribution in [3.63, 3.8) is 0 Å². The highest BCUT2D eigenvalue weighted by Gasteiger charge is 2.54. The number of carbonyl (C=O) groups excluding carboxylic acids is 8. The molecule has 550 valence electrons. The van der Waals surface area contributed by atoms with Crippen molar-refractivity contribution in [1.29, 1.82) is 0 Å². The maximum Gasteiger partial charge on any atom is 0.404 e. The van der Waals surface area contributed by atoms with Crippen LogP contribution in [0.25, 0.3) is 10.7 Å². The molecule has 0 spiro atoms. The number of anilines is 1. The van der Waals surface area contributed by atoms with E-state index in [4.69, 9.17) is 58.1 Å². The number of rotatable bonds is 39. The van der Waals surface area contributed by atoms with Crippen molar-refractivity contribution in [2.24, 2.45) is 34.6 Å². The third-order valence-corrected chi connectivity index (χ3v) is 17.7. The van der Waals surface area contributed by atoms with Gasteiger partial charge in [0.05, 0.1) is 72.7 Å². The SMILES string of the molecule is Cc1c(N)nc([C@H](CC(N)=O)NC[C@H](N)C(N)=O)nc1C(=O)N[C@H](C(=O)N[C@H](C)[C@@H](O)[C@@H](C)C(=O)N[C@H](C(=O)NCCc1nc(-c2nc(C(=O)NCCCNCCCCN)cs2)cs1)[C@@H](C)O)[C@@H](O[C@@H]1O[C@@H](CO)[C@@H](O)[C@H](O)[C@@H]1O[C@H]1O[C@H](CO)[C@@H](O)[C@H](OC(N)=O)[C@@H]1O)c1cnc[nH]1. The number of nitrogens with one attached hydrogen (secondary N) is 8. The summed E-state index contributed by atoms with van der Waals surface area (Å²) >= 11 is 2.50. The lowest BCUT2D eigenvalue weighted by Crippen LogP contribution is -2.65. The van der Waals surface area contributed by atoms with Crippen molar-refractivity contribution >= 4 is 75.9 Å². The predicted octanol–water partition coefficient (Wildman–Crippen LogP) is -8.25. The monoisotopic (exact) mass is 1440 g/mol. The molecule has 0 unspecified atom stereocenters. The highest BCUT2D eigenvalue weighted by Crippen LogP contribution is 2.35. The van der Waals surface area contributed by atoms with E-state index < -0.39 is 183 Å². The summed E-state index contributed by atoms with van der Waals surface area (Å²) in [6.07, 6.45) is -22.5. The van der Waals surface area contributed by atoms with Crippen molar-refractivity contribution in [1.82, 2.24) is 67.1 Å². The smallest absolute Gasteiger partial charge is 0.404 e. The van der Waals surface area contributed by atoms with Crippen LogP contribution in [0.15, 0.2) is 23.3 Å². The molecule has 0 radical (unpaired) electrons. The quantitative estimate of drug-likeness (QED) is 0.0185. The minimum atomic E-state index is -2.20. The summed E-state index contributed by atoms with van der Waals surface area (Å²) in [5.41, 5.74) is 33.6. The number of carbonyl (C=O) groups is 8. The van der Waals surface area contributed by atoms with E-state index in [1.165, 1.54) is 50.4 Å². The summed E-state index contributed by atoms with van der Waals surface area (Å²) in [5.74, 6) is -8.74. The molecule has 2 aliphatic rings. The van der Waals surface area contributed by atoms with Gasteiger partial charge in [0.1, 0.15) is 94.6 Å². The van der Waals surface area contributed by atoms with E-state index in [2.05, 4.69) is 67.1 Å². The number of aliphatic hydroxyl groups excluding tert-OH is 8. The van der Waals surface area contributed by atoms with Gasteiger partial charge in [-0.3, -0.25) is 33.6 Å². The van der Waals surface area contributed by atoms with Crippen LogP contribution in [-0.4, -0.2) is 268 Å². The normalized spacial score (nSPS) is 23.6. The van der Waals surface area contributed by atoms with Gasteiger partial charge in [-0.25, -0.2) is 29.7 Å². The first kappa shape index (κ1) is 80.2. The van der Waals surface area contributed by atoms with E-state index in [9.17, 15) is 74.4 Å². The molecule has 0 aromatic carbocycles. The molecular weight excluding hydrogens is 1350 g/mol. The first-order valence-electron chi connectivity index (χ1n) is 31.4. The Bertz CT molecular complexity index is 3320. The summed E-state index contributed by atoms with van der Waals surface area (Å²) in [6.45, 7) is 5.29. The fourth-order valence-corrected chi connectivity index (χ4v) is 11.8. The van der Waals surface area contributed by atoms with Crippen LogP contribution in [0, 0.1) is 12.8 Å². The Labute approximate surface area is 573 Å². The van der Waals surface area contributed by atoms with E-state index in [-0.39, 0.29) is 54.0 Å². The van der Waals surface area contributed by atoms with Gasteiger partial charge in [-0.05, 0) is 59.7 Å². The van der Waals surface area contributed by atoms with Gasteiger partial charge in [-0.1, -0.05) is 6.92 Å². The average Bonchev–Trinajstić information content (AvgIpc) is 1.07. The lowest BCUT2D eigenvalue weighted by Gasteiger charge is -2.47. The number of nitrogen functional groups attached to an aromatic ring is 1. The lowest BCUT2D eigenvalue weighted by molar-refractivity contribution is -0.372. The molecule has 6 heterocycles. The number of hydrogen-bond acceptors (Lipinski definition) is 33. The number of thiazole rings is 2. The van der Waals surface area contributed by atoms with Gasteiger partial charge in [0.2, 0.25) is 29.5 Å². The van der Waals surface area contributed by atoms with E-state index in [0.29, 0.717) is 28.8 Å². The zero-order valence-corrected chi connectivity index (χ0v) is 56.0. The summed E-state index contributed by atoms with van der Waals surface area (Å²) in [5, 5.41) is 111. The summed E-state index contributed by atoms with van der Waals surface area (Å²) < 4.78 is 28.7. The first-order valence-corrected chi connectivity index (χ1v) is 33.1. The highest BCUT2D eigenvalue weighted by atomic mass is 32.1. The van der Waals surface area contributed by atoms with Gasteiger partial charge in [-0.2, -0.15) is 0 Å². The second kappa shape index (κ2) is 38.2. The lowest BCUT2D eigenvalue weighted by atomic mass is 9.96. The fourth-order valence-electron chi connectivity index (χ4n) is 10.2. The Morgan fingerprint density at radius 1 is 0.747 bits per heavy atom. The zero-order valence-electron chi connectivity index (χ0n) is 54.4. The molecule has 0 saturated carbocycles. The number of nitrogens with zero attached hydrogens (tertiary/aromatic N) is 5. The fraction of sp³-hybridized carbons (Fsp3) is 0.632. The molecule has 4 aromatic heterocycles. The third kappa shape index (κ3) is 22.1. The Kier molecular flexibility index (Phi) is 30.9. The standard InChI is InChI=1S/C57H89N19O21S2/c1-22-35(73-48(76-46(22)61)27(14-33(60)80)68-15-26(59)47(62)86)52(90)75-37(43(28-16-65-21-69-28)95-56-45(41(84)39(82)31(17-77)94-56)96-55-42(85)44(97-57(63)92)40(83)32(18-78)93-55)53(91)70-24(3)38(81)23(2)49(87)74-36(25(4)79)51(89)67-13-8-34-71-30(20-98-34)54-72-29(19-99-54)50(88)66-12-7-11-64-10-6-5-9-58/h16,19-21,23-27,31-32,36-45,55-56,64,68,77-79,81-85H,5-15,17-18,58-59H2,1-4H3,(H2,60,80)(H2,62,86)(H2,63,92)(H,65,69)(H,66,88)(H,67,89)(H,70,91)(H,74,87)(H,75,90)(H2,61,73,76)/t23-,24-,25-,26+,27+,31+,32-,36+,37+,38+,39-,40-,41+,42+,43+,44+,45+,55-,56+/m1/s1. The van der Waals surface area contributed by atoms with Gasteiger partial charge in [0, 0.05) is 48.8 Å². The molecule has 40 nitrogen and oxygen atoms in total. The van der Waals surface area contributed by atoms with Crippen LogP contribution in [0.1, 0.15) is 102 Å². The van der Waals surface area contributed by atoms with Crippen LogP contribution in [-0.2, 0) is 54.1 Å². The van der Waals surface area contributed by atoms with E-state index in [1.54, 1.807) is 10.8 Å². The molecule has 0 aliphatic carbocycles. The summed E-state index contributed by atoms with van der Waals surface area (Å²) in [4.78, 5) is 131. The number of aromatic nitrogens is 6. The van der Waals surface area contributed by atoms with Crippen LogP contribution in [0.4, 0.5) is 10.6 Å². The molecule has 2 fully saturated rings. The number of aromatic amines is 1. The van der Waals surface area contributed by atoms with Gasteiger partial charge in [0.25, 0.3) is 11.8 Å². The Balaban J connectivity index is 1.23. The topological polar surface area (TPSA) is 665 Å². The maximum absolute atomic E-state index is 15.2. The highest BCUT2D eigenvalue weighted by molar-refractivity contribution is 7.14. The number of hydrogen-bond donors (Lipinski definition) is 22. The minimum Gasteiger partial charge on any atom is -0.441 e. The summed E-state index contributed by atoms with van der Waals surface area (Å²) in [7, 11) is 0. The first-order chi connectivity index (χ1) is 47.0. The molecule has 0 bridgehead atoms. The average molecular weight is 1440 g/mol. The van der Waals surface area contributed by atoms with E-state index in [0.717, 1.165) is 44.9 Å². The van der Waals surface area contributed by atoms with Gasteiger partial charge < -0.3 is 141 Å². The molecular formula is C57H89N19O21S2. The number of ether oxygens (including phenoxy) is 5. The zero-order chi connectivity index (χ0) is 72.9. The van der Waals surface area contributed by atoms with Gasteiger partial charge in [-0.15, -0.1) is 22.7 Å². The van der Waals surface area contributed by atoms with Crippen molar-refractivity contribution < 1.29 is 103 Å². The molecule has 28 N–H and O–H groups in total. The molecule has 4 aromatic rings. The number of unbranched alkanes of at least 4 members (excludes halogenated alkanes) is 1. The van der Waals surface area contributed by atoms with Crippen LogP contribution in [0.3, 0.4) is 0 Å². The predicted molar refractivity (Wildman–Crippen MR) is 346 cm³/mol. The molecule has 42 heteroatoms. The Morgan fingerprint density at radius 3 is 2.09 bits per heavy atom. The number of imidazole rings is 1. The third-order valence-electron chi connectivity index (χ3n) is 15.9. The maximum atomic E-state index is 15.2. The van der Waals surface area contributed by atoms with Gasteiger partial charge >= 0.3 is 6.09 Å². The van der Waals surface area contributed by atoms with Crippen LogP contribution in [0.2, 0.25) is 0 Å². The van der Waals surface area contributed by atoms with Gasteiger partial charge in [0.15, 0.2) is 18.7 Å². The second-order valence-corrected chi connectivity index (χ2v) is 25.2. The van der Waals surface area contributed by atoms with Crippen molar-refractivity contribution in [3.8, 4) is 10.7 Å². The van der Waals surface area contributed by atoms with E-state index in [1.807, 2.05) is 0 Å². The number of primary amides is 3. The molecule has 2 aliphatic heterocycles. The Morgan fingerprint density at radius 2 is 1.44 bits per heavy atom.